The third-order valence-corrected chi connectivity index (χ3v) is 8.67. The Kier molecular flexibility index (Phi) is 8.26. The maximum Gasteiger partial charge on any atom is 0.244 e. The average Bonchev–Trinajstić information content (AvgIpc) is 2.70. The summed E-state index contributed by atoms with van der Waals surface area (Å²) >= 11 is 12.2. The van der Waals surface area contributed by atoms with Crippen molar-refractivity contribution < 1.29 is 13.2 Å². The summed E-state index contributed by atoms with van der Waals surface area (Å²) in [6, 6.07) is 8.80. The summed E-state index contributed by atoms with van der Waals surface area (Å²) in [5.41, 5.74) is 2.98. The summed E-state index contributed by atoms with van der Waals surface area (Å²) in [6.45, 7) is 5.26. The minimum absolute atomic E-state index is 0.0179. The predicted molar refractivity (Wildman–Crippen MR) is 130 cm³/mol. The molecule has 3 rings (SSSR count). The van der Waals surface area contributed by atoms with Gasteiger partial charge >= 0.3 is 0 Å². The van der Waals surface area contributed by atoms with Crippen molar-refractivity contribution in [1.82, 2.24) is 9.62 Å². The Bertz CT molecular complexity index is 1070. The van der Waals surface area contributed by atoms with E-state index in [0.717, 1.165) is 31.2 Å². The summed E-state index contributed by atoms with van der Waals surface area (Å²) < 4.78 is 28.7. The molecule has 2 aromatic rings. The van der Waals surface area contributed by atoms with Gasteiger partial charge in [-0.1, -0.05) is 66.2 Å². The molecule has 0 heterocycles. The van der Waals surface area contributed by atoms with E-state index in [2.05, 4.69) is 5.32 Å². The maximum absolute atomic E-state index is 13.8. The first-order valence-electron chi connectivity index (χ1n) is 10.9. The van der Waals surface area contributed by atoms with Crippen LogP contribution < -0.4 is 5.32 Å². The van der Waals surface area contributed by atoms with Crippen molar-refractivity contribution in [3.05, 3.63) is 62.6 Å². The van der Waals surface area contributed by atoms with Crippen LogP contribution in [0.5, 0.6) is 0 Å². The quantitative estimate of drug-likeness (QED) is 0.545. The molecule has 174 valence electrons. The third kappa shape index (κ3) is 6.04. The molecule has 0 saturated heterocycles. The molecule has 0 unspecified atom stereocenters. The predicted octanol–water partition coefficient (Wildman–Crippen LogP) is 5.56. The third-order valence-electron chi connectivity index (χ3n) is 5.84. The topological polar surface area (TPSA) is 66.5 Å². The standard InChI is InChI=1S/C24H30Cl2N2O3S/c1-16-11-17(2)24(18(3)12-16)32(30,31)28(14-19-9-10-21(25)22(26)13-19)15-23(29)27-20-7-5-4-6-8-20/h9-13,20H,4-8,14-15H2,1-3H3,(H,27,29). The van der Waals surface area contributed by atoms with Gasteiger partial charge in [0, 0.05) is 12.6 Å². The number of nitrogens with one attached hydrogen (secondary N) is 1. The van der Waals surface area contributed by atoms with Crippen molar-refractivity contribution in [3.8, 4) is 0 Å². The Morgan fingerprint density at radius 2 is 1.62 bits per heavy atom. The van der Waals surface area contributed by atoms with Gasteiger partial charge < -0.3 is 5.32 Å². The molecule has 1 amide bonds. The van der Waals surface area contributed by atoms with Crippen LogP contribution in [0.1, 0.15) is 54.4 Å². The summed E-state index contributed by atoms with van der Waals surface area (Å²) in [4.78, 5) is 13.1. The monoisotopic (exact) mass is 496 g/mol. The fourth-order valence-electron chi connectivity index (χ4n) is 4.45. The number of carbonyl (C=O) groups is 1. The van der Waals surface area contributed by atoms with Gasteiger partial charge in [0.2, 0.25) is 15.9 Å². The lowest BCUT2D eigenvalue weighted by Gasteiger charge is -2.27. The molecule has 1 aliphatic carbocycles. The van der Waals surface area contributed by atoms with Gasteiger partial charge in [-0.15, -0.1) is 0 Å². The van der Waals surface area contributed by atoms with Gasteiger partial charge in [0.25, 0.3) is 0 Å². The number of benzene rings is 2. The van der Waals surface area contributed by atoms with Gasteiger partial charge in [0.05, 0.1) is 21.5 Å². The number of amides is 1. The summed E-state index contributed by atoms with van der Waals surface area (Å²) in [5.74, 6) is -0.289. The average molecular weight is 497 g/mol. The number of nitrogens with zero attached hydrogens (tertiary/aromatic N) is 1. The largest absolute Gasteiger partial charge is 0.352 e. The van der Waals surface area contributed by atoms with Crippen molar-refractivity contribution in [2.24, 2.45) is 0 Å². The van der Waals surface area contributed by atoms with E-state index in [4.69, 9.17) is 23.2 Å². The summed E-state index contributed by atoms with van der Waals surface area (Å²) in [5, 5.41) is 3.76. The Morgan fingerprint density at radius 3 is 2.22 bits per heavy atom. The van der Waals surface area contributed by atoms with Gasteiger partial charge in [-0.05, 0) is 62.4 Å². The second-order valence-corrected chi connectivity index (χ2v) is 11.3. The number of rotatable bonds is 7. The first-order chi connectivity index (χ1) is 15.1. The second-order valence-electron chi connectivity index (χ2n) is 8.65. The number of sulfonamides is 1. The summed E-state index contributed by atoms with van der Waals surface area (Å²) in [7, 11) is -3.94. The molecule has 0 spiro atoms. The van der Waals surface area contributed by atoms with E-state index >= 15 is 0 Å². The fourth-order valence-corrected chi connectivity index (χ4v) is 6.57. The highest BCUT2D eigenvalue weighted by atomic mass is 35.5. The van der Waals surface area contributed by atoms with Crippen molar-refractivity contribution in [2.45, 2.75) is 70.4 Å². The van der Waals surface area contributed by atoms with Gasteiger partial charge in [0.1, 0.15) is 0 Å². The highest BCUT2D eigenvalue weighted by molar-refractivity contribution is 7.89. The molecule has 8 heteroatoms. The van der Waals surface area contributed by atoms with Crippen LogP contribution in [-0.2, 0) is 21.4 Å². The molecule has 0 aromatic heterocycles. The Hall–Kier alpha value is -1.60. The molecule has 1 fully saturated rings. The van der Waals surface area contributed by atoms with Crippen molar-refractivity contribution >= 4 is 39.1 Å². The molecular weight excluding hydrogens is 467 g/mol. The van der Waals surface area contributed by atoms with Crippen LogP contribution in [-0.4, -0.2) is 31.2 Å². The van der Waals surface area contributed by atoms with Crippen LogP contribution >= 0.6 is 23.2 Å². The van der Waals surface area contributed by atoms with Crippen molar-refractivity contribution in [1.29, 1.82) is 0 Å². The highest BCUT2D eigenvalue weighted by Gasteiger charge is 2.30. The molecule has 5 nitrogen and oxygen atoms in total. The van der Waals surface area contributed by atoms with Gasteiger partial charge in [0.15, 0.2) is 0 Å². The second kappa shape index (κ2) is 10.6. The van der Waals surface area contributed by atoms with Crippen LogP contribution in [0.25, 0.3) is 0 Å². The molecule has 1 aliphatic rings. The zero-order valence-electron chi connectivity index (χ0n) is 18.7. The van der Waals surface area contributed by atoms with Crippen LogP contribution in [0.4, 0.5) is 0 Å². The van der Waals surface area contributed by atoms with Crippen molar-refractivity contribution in [2.75, 3.05) is 6.54 Å². The normalized spacial score (nSPS) is 15.2. The van der Waals surface area contributed by atoms with E-state index in [0.29, 0.717) is 26.7 Å². The van der Waals surface area contributed by atoms with E-state index < -0.39 is 10.0 Å². The number of hydrogen-bond acceptors (Lipinski definition) is 3. The van der Waals surface area contributed by atoms with Crippen LogP contribution in [0, 0.1) is 20.8 Å². The zero-order valence-corrected chi connectivity index (χ0v) is 21.1. The number of carbonyl (C=O) groups excluding carboxylic acids is 1. The SMILES string of the molecule is Cc1cc(C)c(S(=O)(=O)N(CC(=O)NC2CCCCC2)Cc2ccc(Cl)c(Cl)c2)c(C)c1. The molecule has 1 saturated carbocycles. The lowest BCUT2D eigenvalue weighted by Crippen LogP contribution is -2.44. The van der Waals surface area contributed by atoms with Gasteiger partial charge in [-0.3, -0.25) is 4.79 Å². The van der Waals surface area contributed by atoms with Crippen LogP contribution in [0.15, 0.2) is 35.2 Å². The Morgan fingerprint density at radius 1 is 1.00 bits per heavy atom. The molecule has 0 bridgehead atoms. The number of halogens is 2. The lowest BCUT2D eigenvalue weighted by atomic mass is 9.95. The van der Waals surface area contributed by atoms with Crippen LogP contribution in [0.3, 0.4) is 0 Å². The van der Waals surface area contributed by atoms with E-state index in [-0.39, 0.29) is 29.9 Å². The zero-order chi connectivity index (χ0) is 23.5. The van der Waals surface area contributed by atoms with E-state index in [1.807, 2.05) is 19.1 Å². The molecule has 0 atom stereocenters. The fraction of sp³-hybridized carbons (Fsp3) is 0.458. The first-order valence-corrected chi connectivity index (χ1v) is 13.1. The van der Waals surface area contributed by atoms with E-state index in [1.54, 1.807) is 32.0 Å². The lowest BCUT2D eigenvalue weighted by molar-refractivity contribution is -0.122. The number of aryl methyl sites for hydroxylation is 3. The Balaban J connectivity index is 1.93. The molecule has 32 heavy (non-hydrogen) atoms. The van der Waals surface area contributed by atoms with Gasteiger partial charge in [-0.2, -0.15) is 4.31 Å². The van der Waals surface area contributed by atoms with Crippen molar-refractivity contribution in [3.63, 3.8) is 0 Å². The van der Waals surface area contributed by atoms with Gasteiger partial charge in [-0.25, -0.2) is 8.42 Å². The highest BCUT2D eigenvalue weighted by Crippen LogP contribution is 2.28. The molecular formula is C24H30Cl2N2O3S. The first kappa shape index (κ1) is 25.0. The smallest absolute Gasteiger partial charge is 0.244 e. The number of hydrogen-bond donors (Lipinski definition) is 1. The minimum Gasteiger partial charge on any atom is -0.352 e. The molecule has 0 aliphatic heterocycles. The Labute approximate surface area is 201 Å². The maximum atomic E-state index is 13.8. The minimum atomic E-state index is -3.94. The summed E-state index contributed by atoms with van der Waals surface area (Å²) in [6.07, 6.45) is 5.20. The van der Waals surface area contributed by atoms with Crippen LogP contribution in [0.2, 0.25) is 10.0 Å². The molecule has 2 aromatic carbocycles. The molecule has 0 radical (unpaired) electrons. The van der Waals surface area contributed by atoms with E-state index in [1.165, 1.54) is 10.7 Å². The molecule has 1 N–H and O–H groups in total. The van der Waals surface area contributed by atoms with E-state index in [9.17, 15) is 13.2 Å².